The number of carbonyl (C=O) groups is 3. The number of carbonyl (C=O) groups excluding carboxylic acids is 3. The number of benzene rings is 2. The Hall–Kier alpha value is -5.03. The number of hydrogen-bond donors (Lipinski definition) is 4. The molecule has 4 aromatic rings. The maximum atomic E-state index is 13.6. The van der Waals surface area contributed by atoms with E-state index in [1.54, 1.807) is 36.5 Å². The van der Waals surface area contributed by atoms with Gasteiger partial charge in [-0.05, 0) is 37.4 Å². The number of H-pyrrole nitrogens is 1. The largest absolute Gasteiger partial charge is 0.369 e. The van der Waals surface area contributed by atoms with Gasteiger partial charge in [-0.15, -0.1) is 0 Å². The van der Waals surface area contributed by atoms with Gasteiger partial charge in [0.2, 0.25) is 0 Å². The van der Waals surface area contributed by atoms with Crippen LogP contribution in [0.2, 0.25) is 0 Å². The highest BCUT2D eigenvalue weighted by Gasteiger charge is 2.35. The molecule has 2 aliphatic rings. The highest BCUT2D eigenvalue weighted by molar-refractivity contribution is 6.27. The van der Waals surface area contributed by atoms with E-state index >= 15 is 0 Å². The smallest absolute Gasteiger partial charge is 0.337 e. The first kappa shape index (κ1) is 24.3. The maximum Gasteiger partial charge on any atom is 0.337 e. The van der Waals surface area contributed by atoms with Crippen molar-refractivity contribution in [2.45, 2.75) is 0 Å². The van der Waals surface area contributed by atoms with E-state index in [1.807, 2.05) is 12.1 Å². The van der Waals surface area contributed by atoms with Crippen LogP contribution >= 0.6 is 0 Å². The summed E-state index contributed by atoms with van der Waals surface area (Å²) in [5.74, 6) is -0.752. The van der Waals surface area contributed by atoms with Crippen molar-refractivity contribution in [2.75, 3.05) is 43.4 Å². The van der Waals surface area contributed by atoms with Crippen LogP contribution in [0.1, 0.15) is 26.3 Å². The summed E-state index contributed by atoms with van der Waals surface area (Å²) in [7, 11) is 2.13. The van der Waals surface area contributed by atoms with Gasteiger partial charge in [-0.25, -0.2) is 10.2 Å². The number of amides is 3. The van der Waals surface area contributed by atoms with Crippen LogP contribution in [0.5, 0.6) is 0 Å². The third-order valence-corrected chi connectivity index (χ3v) is 7.03. The first-order valence-electron chi connectivity index (χ1n) is 12.6. The molecule has 0 radical (unpaired) electrons. The number of hydrogen-bond acceptors (Lipinski definition) is 7. The average Bonchev–Trinajstić information content (AvgIpc) is 3.53. The van der Waals surface area contributed by atoms with Gasteiger partial charge in [0.05, 0.1) is 28.1 Å². The summed E-state index contributed by atoms with van der Waals surface area (Å²) in [5.41, 5.74) is 9.87. The van der Waals surface area contributed by atoms with E-state index in [9.17, 15) is 14.4 Å². The van der Waals surface area contributed by atoms with Gasteiger partial charge in [-0.2, -0.15) is 5.10 Å². The molecule has 6 rings (SSSR count). The van der Waals surface area contributed by atoms with Gasteiger partial charge in [0.15, 0.2) is 5.78 Å². The quantitative estimate of drug-likeness (QED) is 0.267. The van der Waals surface area contributed by atoms with E-state index in [2.05, 4.69) is 60.3 Å². The van der Waals surface area contributed by atoms with Crippen LogP contribution in [-0.2, 0) is 0 Å². The minimum absolute atomic E-state index is 0.234. The Labute approximate surface area is 224 Å². The first-order chi connectivity index (χ1) is 19.0. The molecule has 3 amide bonds. The summed E-state index contributed by atoms with van der Waals surface area (Å²) in [4.78, 5) is 46.9. The molecule has 0 bridgehead atoms. The first-order valence-corrected chi connectivity index (χ1v) is 12.6. The standard InChI is InChI=1S/C28H26N8O3/c1-35-12-14-36(15-13-35)19-9-7-17(8-10-19)24-23-25(32-31-24)20-5-2-6-21(22(20)26(23)37)30-28(39)34-33-27(38)18-4-3-11-29-16-18/h2-11,16H,12-15H2,1H3,(H,31,32)(H,33,38)(H2,30,34,39). The van der Waals surface area contributed by atoms with Crippen molar-refractivity contribution >= 4 is 29.1 Å². The monoisotopic (exact) mass is 522 g/mol. The van der Waals surface area contributed by atoms with Crippen molar-refractivity contribution in [1.82, 2.24) is 30.9 Å². The Morgan fingerprint density at radius 2 is 1.72 bits per heavy atom. The molecule has 0 saturated carbocycles. The lowest BCUT2D eigenvalue weighted by molar-refractivity contribution is 0.0937. The molecule has 1 aliphatic heterocycles. The normalized spacial score (nSPS) is 14.5. The lowest BCUT2D eigenvalue weighted by Gasteiger charge is -2.34. The Morgan fingerprint density at radius 1 is 0.923 bits per heavy atom. The Balaban J connectivity index is 1.19. The zero-order valence-electron chi connectivity index (χ0n) is 21.2. The number of ketones is 1. The minimum atomic E-state index is -0.695. The fourth-order valence-electron chi connectivity index (χ4n) is 4.93. The van der Waals surface area contributed by atoms with Crippen molar-refractivity contribution in [1.29, 1.82) is 0 Å². The number of rotatable bonds is 4. The van der Waals surface area contributed by atoms with E-state index in [0.29, 0.717) is 39.3 Å². The molecule has 4 N–H and O–H groups in total. The van der Waals surface area contributed by atoms with Crippen LogP contribution in [0, 0.1) is 0 Å². The second-order valence-electron chi connectivity index (χ2n) is 9.49. The zero-order chi connectivity index (χ0) is 26.9. The molecule has 0 atom stereocenters. The fraction of sp³-hybridized carbons (Fsp3) is 0.179. The Bertz CT molecular complexity index is 1560. The molecule has 2 aromatic heterocycles. The molecule has 11 heteroatoms. The van der Waals surface area contributed by atoms with Gasteiger partial charge in [0.1, 0.15) is 5.69 Å². The molecule has 1 saturated heterocycles. The molecule has 2 aromatic carbocycles. The fourth-order valence-corrected chi connectivity index (χ4v) is 4.93. The summed E-state index contributed by atoms with van der Waals surface area (Å²) in [5, 5.41) is 10.1. The van der Waals surface area contributed by atoms with E-state index in [0.717, 1.165) is 37.4 Å². The lowest BCUT2D eigenvalue weighted by atomic mass is 10.0. The maximum absolute atomic E-state index is 13.6. The molecular formula is C28H26N8O3. The van der Waals surface area contributed by atoms with Crippen molar-refractivity contribution in [3.63, 3.8) is 0 Å². The topological polar surface area (TPSA) is 135 Å². The van der Waals surface area contributed by atoms with E-state index in [4.69, 9.17) is 0 Å². The number of fused-ring (bicyclic) bond motifs is 3. The molecule has 0 unspecified atom stereocenters. The zero-order valence-corrected chi connectivity index (χ0v) is 21.2. The number of urea groups is 1. The number of anilines is 2. The summed E-state index contributed by atoms with van der Waals surface area (Å²) in [6.45, 7) is 3.99. The molecule has 11 nitrogen and oxygen atoms in total. The second-order valence-corrected chi connectivity index (χ2v) is 9.49. The molecule has 39 heavy (non-hydrogen) atoms. The van der Waals surface area contributed by atoms with Gasteiger partial charge < -0.3 is 15.1 Å². The van der Waals surface area contributed by atoms with Crippen LogP contribution in [0.3, 0.4) is 0 Å². The van der Waals surface area contributed by atoms with Crippen molar-refractivity contribution < 1.29 is 14.4 Å². The van der Waals surface area contributed by atoms with Gasteiger partial charge >= 0.3 is 6.03 Å². The van der Waals surface area contributed by atoms with Crippen LogP contribution in [0.4, 0.5) is 16.2 Å². The predicted octanol–water partition coefficient (Wildman–Crippen LogP) is 2.90. The van der Waals surface area contributed by atoms with Crippen molar-refractivity contribution in [3.05, 3.63) is 83.7 Å². The number of likely N-dealkylation sites (N-methyl/N-ethyl adjacent to an activating group) is 1. The number of aromatic nitrogens is 3. The molecule has 196 valence electrons. The third-order valence-electron chi connectivity index (χ3n) is 7.03. The number of aromatic amines is 1. The molecule has 3 heterocycles. The van der Waals surface area contributed by atoms with E-state index in [-0.39, 0.29) is 5.78 Å². The Kier molecular flexibility index (Phi) is 6.25. The SMILES string of the molecule is CN1CCN(c2ccc(-c3[nH]nc4c3C(=O)c3c(NC(=O)NNC(=O)c5cccnc5)cccc3-4)cc2)CC1. The number of pyridine rings is 1. The highest BCUT2D eigenvalue weighted by Crippen LogP contribution is 2.43. The third kappa shape index (κ3) is 4.59. The van der Waals surface area contributed by atoms with Gasteiger partial charge in [-0.3, -0.25) is 25.1 Å². The summed E-state index contributed by atoms with van der Waals surface area (Å²) in [6, 6.07) is 15.8. The molecule has 1 aliphatic carbocycles. The lowest BCUT2D eigenvalue weighted by Crippen LogP contribution is -2.44. The summed E-state index contributed by atoms with van der Waals surface area (Å²) >= 11 is 0. The number of piperazine rings is 1. The van der Waals surface area contributed by atoms with Gasteiger partial charge in [-0.1, -0.05) is 24.3 Å². The number of nitrogens with zero attached hydrogens (tertiary/aromatic N) is 4. The van der Waals surface area contributed by atoms with Gasteiger partial charge in [0, 0.05) is 55.4 Å². The minimum Gasteiger partial charge on any atom is -0.369 e. The molecule has 0 spiro atoms. The van der Waals surface area contributed by atoms with Crippen LogP contribution in [0.15, 0.2) is 67.0 Å². The molecular weight excluding hydrogens is 496 g/mol. The molecule has 1 fully saturated rings. The average molecular weight is 523 g/mol. The van der Waals surface area contributed by atoms with Gasteiger partial charge in [0.25, 0.3) is 5.91 Å². The number of hydrazine groups is 1. The number of nitrogens with one attached hydrogen (secondary N) is 4. The van der Waals surface area contributed by atoms with E-state index in [1.165, 1.54) is 6.20 Å². The van der Waals surface area contributed by atoms with Crippen LogP contribution in [-0.4, -0.2) is 71.0 Å². The predicted molar refractivity (Wildman–Crippen MR) is 146 cm³/mol. The van der Waals surface area contributed by atoms with Crippen LogP contribution in [0.25, 0.3) is 22.5 Å². The Morgan fingerprint density at radius 3 is 2.46 bits per heavy atom. The highest BCUT2D eigenvalue weighted by atomic mass is 16.2. The summed E-state index contributed by atoms with van der Waals surface area (Å²) in [6.07, 6.45) is 2.93. The second kappa shape index (κ2) is 10.0. The van der Waals surface area contributed by atoms with Crippen molar-refractivity contribution in [2.24, 2.45) is 0 Å². The summed E-state index contributed by atoms with van der Waals surface area (Å²) < 4.78 is 0. The van der Waals surface area contributed by atoms with Crippen LogP contribution < -0.4 is 21.1 Å². The van der Waals surface area contributed by atoms with Crippen molar-refractivity contribution in [3.8, 4) is 22.5 Å². The van der Waals surface area contributed by atoms with E-state index < -0.39 is 11.9 Å².